The van der Waals surface area contributed by atoms with Gasteiger partial charge in [-0.3, -0.25) is 0 Å². The molecule has 1 aromatic rings. The highest BCUT2D eigenvalue weighted by Gasteiger charge is 2.58. The quantitative estimate of drug-likeness (QED) is 0.608. The van der Waals surface area contributed by atoms with Crippen LogP contribution in [-0.4, -0.2) is 17.8 Å². The minimum atomic E-state index is -0.382. The zero-order chi connectivity index (χ0) is 16.5. The number of hydrogen-bond donors (Lipinski definition) is 1. The molecule has 1 N–H and O–H groups in total. The second-order valence-electron chi connectivity index (χ2n) is 8.08. The second-order valence-corrected chi connectivity index (χ2v) is 8.08. The number of fused-ring (bicyclic) bond motifs is 2. The fourth-order valence-corrected chi connectivity index (χ4v) is 4.55. The lowest BCUT2D eigenvalue weighted by Crippen LogP contribution is -2.28. The maximum absolute atomic E-state index is 10.4. The van der Waals surface area contributed by atoms with Crippen LogP contribution >= 0.6 is 0 Å². The van der Waals surface area contributed by atoms with Crippen LogP contribution in [0, 0.1) is 16.7 Å². The Kier molecular flexibility index (Phi) is 4.66. The maximum Gasteiger partial charge on any atom is 0.0745 e. The first kappa shape index (κ1) is 16.7. The molecule has 0 amide bonds. The molecule has 23 heavy (non-hydrogen) atoms. The number of allylic oxidation sites excluding steroid dienone is 1. The van der Waals surface area contributed by atoms with Crippen molar-refractivity contribution in [2.45, 2.75) is 59.2 Å². The van der Waals surface area contributed by atoms with Gasteiger partial charge in [-0.15, -0.1) is 0 Å². The van der Waals surface area contributed by atoms with Gasteiger partial charge in [0, 0.05) is 13.0 Å². The molecule has 0 radical (unpaired) electrons. The molecule has 0 unspecified atom stereocenters. The monoisotopic (exact) mass is 314 g/mol. The molecule has 2 bridgehead atoms. The first-order valence-electron chi connectivity index (χ1n) is 8.94. The number of hydrogen-bond acceptors (Lipinski definition) is 2. The molecule has 1 aromatic carbocycles. The molecule has 2 fully saturated rings. The van der Waals surface area contributed by atoms with E-state index >= 15 is 0 Å². The summed E-state index contributed by atoms with van der Waals surface area (Å²) in [5, 5.41) is 10.4. The van der Waals surface area contributed by atoms with Gasteiger partial charge in [0.25, 0.3) is 0 Å². The molecule has 2 nitrogen and oxygen atoms in total. The molecule has 0 aliphatic heterocycles. The summed E-state index contributed by atoms with van der Waals surface area (Å²) < 4.78 is 5.69. The van der Waals surface area contributed by atoms with E-state index in [1.165, 1.54) is 30.4 Å². The smallest absolute Gasteiger partial charge is 0.0745 e. The van der Waals surface area contributed by atoms with Gasteiger partial charge in [0.15, 0.2) is 0 Å². The summed E-state index contributed by atoms with van der Waals surface area (Å²) in [5.74, 6) is 0.792. The number of aliphatic hydroxyl groups is 1. The summed E-state index contributed by atoms with van der Waals surface area (Å²) in [6, 6.07) is 10.2. The third kappa shape index (κ3) is 3.12. The summed E-state index contributed by atoms with van der Waals surface area (Å²) >= 11 is 0. The van der Waals surface area contributed by atoms with Crippen molar-refractivity contribution in [3.05, 3.63) is 47.5 Å². The van der Waals surface area contributed by atoms with Gasteiger partial charge in [-0.25, -0.2) is 0 Å². The van der Waals surface area contributed by atoms with Crippen LogP contribution < -0.4 is 0 Å². The van der Waals surface area contributed by atoms with Crippen LogP contribution in [-0.2, 0) is 11.3 Å². The Labute approximate surface area is 140 Å². The highest BCUT2D eigenvalue weighted by molar-refractivity contribution is 5.30. The topological polar surface area (TPSA) is 29.5 Å². The van der Waals surface area contributed by atoms with Crippen LogP contribution in [0.4, 0.5) is 0 Å². The Morgan fingerprint density at radius 2 is 2.00 bits per heavy atom. The minimum Gasteiger partial charge on any atom is -0.389 e. The lowest BCUT2D eigenvalue weighted by Gasteiger charge is -2.36. The molecule has 0 spiro atoms. The van der Waals surface area contributed by atoms with Crippen molar-refractivity contribution in [2.24, 2.45) is 16.7 Å². The third-order valence-corrected chi connectivity index (χ3v) is 6.67. The van der Waals surface area contributed by atoms with Crippen LogP contribution in [0.5, 0.6) is 0 Å². The van der Waals surface area contributed by atoms with E-state index in [4.69, 9.17) is 4.74 Å². The normalized spacial score (nSPS) is 31.7. The number of aliphatic hydroxyl groups excluding tert-OH is 1. The Hall–Kier alpha value is -1.12. The Balaban J connectivity index is 1.49. The average molecular weight is 314 g/mol. The van der Waals surface area contributed by atoms with Crippen molar-refractivity contribution in [1.29, 1.82) is 0 Å². The van der Waals surface area contributed by atoms with Gasteiger partial charge in [0.05, 0.1) is 12.7 Å². The SMILES string of the molecule is CC1(C)[C@H]2CC[C@@]1(C)/C(=C/[C@H](O)CCOCc1ccccc1)C2. The van der Waals surface area contributed by atoms with Crippen molar-refractivity contribution in [3.63, 3.8) is 0 Å². The van der Waals surface area contributed by atoms with Crippen LogP contribution in [0.3, 0.4) is 0 Å². The molecule has 2 aliphatic carbocycles. The molecule has 0 saturated heterocycles. The summed E-state index contributed by atoms with van der Waals surface area (Å²) in [5.41, 5.74) is 3.32. The van der Waals surface area contributed by atoms with E-state index in [0.29, 0.717) is 25.0 Å². The van der Waals surface area contributed by atoms with E-state index in [2.05, 4.69) is 39.0 Å². The van der Waals surface area contributed by atoms with Crippen LogP contribution in [0.2, 0.25) is 0 Å². The van der Waals surface area contributed by atoms with Crippen molar-refractivity contribution in [2.75, 3.05) is 6.61 Å². The number of ether oxygens (including phenoxy) is 1. The highest BCUT2D eigenvalue weighted by Crippen LogP contribution is 2.67. The van der Waals surface area contributed by atoms with E-state index in [-0.39, 0.29) is 11.5 Å². The highest BCUT2D eigenvalue weighted by atomic mass is 16.5. The first-order chi connectivity index (χ1) is 10.9. The lowest BCUT2D eigenvalue weighted by molar-refractivity contribution is 0.0874. The Bertz CT molecular complexity index is 560. The maximum atomic E-state index is 10.4. The predicted molar refractivity (Wildman–Crippen MR) is 94.0 cm³/mol. The van der Waals surface area contributed by atoms with Gasteiger partial charge in [-0.2, -0.15) is 0 Å². The molecular formula is C21H30O2. The van der Waals surface area contributed by atoms with Gasteiger partial charge in [0.1, 0.15) is 0 Å². The molecule has 0 heterocycles. The van der Waals surface area contributed by atoms with Crippen LogP contribution in [0.25, 0.3) is 0 Å². The van der Waals surface area contributed by atoms with E-state index in [1.54, 1.807) is 0 Å². The number of benzene rings is 1. The Morgan fingerprint density at radius 3 is 2.61 bits per heavy atom. The van der Waals surface area contributed by atoms with Gasteiger partial charge in [-0.1, -0.05) is 62.8 Å². The minimum absolute atomic E-state index is 0.281. The van der Waals surface area contributed by atoms with E-state index in [0.717, 1.165) is 5.92 Å². The van der Waals surface area contributed by atoms with E-state index in [9.17, 15) is 5.11 Å². The molecule has 0 aromatic heterocycles. The third-order valence-electron chi connectivity index (χ3n) is 6.67. The number of rotatable bonds is 6. The Morgan fingerprint density at radius 1 is 1.26 bits per heavy atom. The van der Waals surface area contributed by atoms with Crippen molar-refractivity contribution < 1.29 is 9.84 Å². The molecule has 3 atom stereocenters. The molecule has 2 heteroatoms. The standard InChI is InChI=1S/C21H30O2/c1-20(2)17-9-11-21(20,3)18(13-17)14-19(22)10-12-23-15-16-7-5-4-6-8-16/h4-8,14,17,19,22H,9-13,15H2,1-3H3/b18-14+/t17-,19+,21-/m0/s1. The second kappa shape index (κ2) is 6.41. The zero-order valence-electron chi connectivity index (χ0n) is 14.7. The summed E-state index contributed by atoms with van der Waals surface area (Å²) in [6.07, 6.45) is 6.22. The zero-order valence-corrected chi connectivity index (χ0v) is 14.7. The molecule has 2 aliphatic rings. The van der Waals surface area contributed by atoms with Crippen molar-refractivity contribution >= 4 is 0 Å². The van der Waals surface area contributed by atoms with Gasteiger partial charge < -0.3 is 9.84 Å². The van der Waals surface area contributed by atoms with E-state index in [1.807, 2.05) is 18.2 Å². The van der Waals surface area contributed by atoms with Crippen molar-refractivity contribution in [3.8, 4) is 0 Å². The molecule has 2 saturated carbocycles. The lowest BCUT2D eigenvalue weighted by atomic mass is 9.69. The predicted octanol–water partition coefficient (Wildman–Crippen LogP) is 4.73. The van der Waals surface area contributed by atoms with Crippen LogP contribution in [0.15, 0.2) is 42.0 Å². The van der Waals surface area contributed by atoms with Crippen molar-refractivity contribution in [1.82, 2.24) is 0 Å². The molecule has 3 rings (SSSR count). The first-order valence-corrected chi connectivity index (χ1v) is 8.94. The summed E-state index contributed by atoms with van der Waals surface area (Å²) in [6.45, 7) is 8.42. The average Bonchev–Trinajstić information content (AvgIpc) is 2.86. The van der Waals surface area contributed by atoms with Gasteiger partial charge >= 0.3 is 0 Å². The van der Waals surface area contributed by atoms with Crippen LogP contribution in [0.1, 0.15) is 52.0 Å². The fourth-order valence-electron chi connectivity index (χ4n) is 4.55. The molecular weight excluding hydrogens is 284 g/mol. The molecule has 126 valence electrons. The summed E-state index contributed by atoms with van der Waals surface area (Å²) in [4.78, 5) is 0. The summed E-state index contributed by atoms with van der Waals surface area (Å²) in [7, 11) is 0. The largest absolute Gasteiger partial charge is 0.389 e. The van der Waals surface area contributed by atoms with E-state index < -0.39 is 0 Å². The van der Waals surface area contributed by atoms with Gasteiger partial charge in [-0.05, 0) is 41.6 Å². The van der Waals surface area contributed by atoms with Gasteiger partial charge in [0.2, 0.25) is 0 Å². The fraction of sp³-hybridized carbons (Fsp3) is 0.619.